The van der Waals surface area contributed by atoms with Gasteiger partial charge in [0, 0.05) is 12.0 Å². The van der Waals surface area contributed by atoms with Gasteiger partial charge >= 0.3 is 7.82 Å². The van der Waals surface area contributed by atoms with E-state index < -0.39 is 13.4 Å². The van der Waals surface area contributed by atoms with Crippen molar-refractivity contribution in [3.8, 4) is 5.75 Å². The molecule has 0 bridgehead atoms. The highest BCUT2D eigenvalue weighted by Gasteiger charge is 2.38. The number of hydrogen-bond donors (Lipinski definition) is 3. The average Bonchev–Trinajstić information content (AvgIpc) is 3.13. The van der Waals surface area contributed by atoms with Gasteiger partial charge in [0.15, 0.2) is 5.83 Å². The first-order chi connectivity index (χ1) is 14.7. The molecule has 1 aromatic carbocycles. The molecule has 2 aliphatic rings. The monoisotopic (exact) mass is 455 g/mol. The molecular weight excluding hydrogens is 424 g/mol. The van der Waals surface area contributed by atoms with Crippen LogP contribution in [0.3, 0.4) is 0 Å². The van der Waals surface area contributed by atoms with Gasteiger partial charge in [-0.25, -0.2) is 8.96 Å². The zero-order valence-corrected chi connectivity index (χ0v) is 18.6. The predicted molar refractivity (Wildman–Crippen MR) is 115 cm³/mol. The van der Waals surface area contributed by atoms with Crippen molar-refractivity contribution in [3.05, 3.63) is 53.6 Å². The van der Waals surface area contributed by atoms with E-state index in [1.54, 1.807) is 0 Å². The van der Waals surface area contributed by atoms with Crippen LogP contribution in [0.1, 0.15) is 50.0 Å². The van der Waals surface area contributed by atoms with Gasteiger partial charge in [0.2, 0.25) is 0 Å². The summed E-state index contributed by atoms with van der Waals surface area (Å²) in [5.74, 6) is 1.38. The van der Waals surface area contributed by atoms with Gasteiger partial charge in [0.25, 0.3) is 0 Å². The van der Waals surface area contributed by atoms with Gasteiger partial charge in [-0.15, -0.1) is 0 Å². The van der Waals surface area contributed by atoms with Crippen LogP contribution in [0.2, 0.25) is 0 Å². The summed E-state index contributed by atoms with van der Waals surface area (Å²) in [6.45, 7) is 0.423. The van der Waals surface area contributed by atoms with Crippen molar-refractivity contribution >= 4 is 7.82 Å². The van der Waals surface area contributed by atoms with Crippen molar-refractivity contribution in [1.82, 2.24) is 0 Å². The Hall–Kier alpha value is -1.70. The lowest BCUT2D eigenvalue weighted by atomic mass is 9.93. The molecule has 2 aliphatic carbocycles. The van der Waals surface area contributed by atoms with E-state index in [4.69, 9.17) is 25.0 Å². The maximum absolute atomic E-state index is 13.5. The van der Waals surface area contributed by atoms with Gasteiger partial charge in [0.05, 0.1) is 20.3 Å². The highest BCUT2D eigenvalue weighted by Crippen LogP contribution is 2.43. The van der Waals surface area contributed by atoms with Crippen LogP contribution in [0.5, 0.6) is 5.75 Å². The molecule has 0 amide bonds. The summed E-state index contributed by atoms with van der Waals surface area (Å²) >= 11 is 0. The Labute approximate surface area is 182 Å². The Bertz CT molecular complexity index is 852. The fourth-order valence-electron chi connectivity index (χ4n) is 4.25. The minimum atomic E-state index is -4.51. The molecule has 172 valence electrons. The molecule has 0 radical (unpaired) electrons. The van der Waals surface area contributed by atoms with E-state index in [1.165, 1.54) is 13.2 Å². The third-order valence-electron chi connectivity index (χ3n) is 5.98. The van der Waals surface area contributed by atoms with Crippen LogP contribution in [-0.2, 0) is 13.8 Å². The second-order valence-electron chi connectivity index (χ2n) is 8.42. The Morgan fingerprint density at radius 3 is 2.71 bits per heavy atom. The normalized spacial score (nSPS) is 26.4. The molecule has 0 aliphatic heterocycles. The number of hydrogen-bond acceptors (Lipinski definition) is 5. The van der Waals surface area contributed by atoms with Crippen LogP contribution >= 0.6 is 7.82 Å². The Kier molecular flexibility index (Phi) is 7.94. The summed E-state index contributed by atoms with van der Waals surface area (Å²) in [7, 11) is -3.02. The second-order valence-corrected chi connectivity index (χ2v) is 9.66. The second kappa shape index (κ2) is 10.3. The summed E-state index contributed by atoms with van der Waals surface area (Å²) in [6.07, 6.45) is 7.79. The van der Waals surface area contributed by atoms with Crippen molar-refractivity contribution < 1.29 is 32.7 Å². The first-order valence-corrected chi connectivity index (χ1v) is 12.0. The summed E-state index contributed by atoms with van der Waals surface area (Å²) < 4.78 is 40.0. The Morgan fingerprint density at radius 1 is 1.29 bits per heavy atom. The fourth-order valence-corrected chi connectivity index (χ4v) is 4.68. The largest absolute Gasteiger partial charge is 0.498 e. The Balaban J connectivity index is 1.41. The van der Waals surface area contributed by atoms with E-state index in [2.05, 4.69) is 4.52 Å². The summed E-state index contributed by atoms with van der Waals surface area (Å²) in [5.41, 5.74) is 6.66. The molecule has 0 heterocycles. The number of benzene rings is 1. The van der Waals surface area contributed by atoms with Gasteiger partial charge in [-0.2, -0.15) is 0 Å². The zero-order valence-electron chi connectivity index (χ0n) is 17.7. The number of nitrogens with two attached hydrogens (primary N) is 1. The van der Waals surface area contributed by atoms with Gasteiger partial charge in [-0.1, -0.05) is 18.2 Å². The van der Waals surface area contributed by atoms with Crippen molar-refractivity contribution in [2.75, 3.05) is 20.3 Å². The molecule has 9 heteroatoms. The smallest absolute Gasteiger partial charge is 0.469 e. The predicted octanol–water partition coefficient (Wildman–Crippen LogP) is 4.32. The lowest BCUT2D eigenvalue weighted by Gasteiger charge is -2.24. The lowest BCUT2D eigenvalue weighted by molar-refractivity contribution is 0.153. The van der Waals surface area contributed by atoms with Crippen molar-refractivity contribution in [2.45, 2.75) is 50.0 Å². The topological polar surface area (TPSA) is 111 Å². The lowest BCUT2D eigenvalue weighted by Crippen LogP contribution is -2.41. The van der Waals surface area contributed by atoms with Gasteiger partial charge in [0.1, 0.15) is 11.5 Å². The third kappa shape index (κ3) is 7.16. The van der Waals surface area contributed by atoms with Gasteiger partial charge in [-0.05, 0) is 67.7 Å². The number of phosphoric acid groups is 1. The van der Waals surface area contributed by atoms with E-state index >= 15 is 0 Å². The molecule has 4 N–H and O–H groups in total. The van der Waals surface area contributed by atoms with Crippen molar-refractivity contribution in [1.29, 1.82) is 0 Å². The molecular formula is C22H31FNO6P. The van der Waals surface area contributed by atoms with E-state index in [9.17, 15) is 8.96 Å². The molecule has 7 nitrogen and oxygen atoms in total. The number of phosphoric ester groups is 1. The molecule has 1 saturated carbocycles. The first kappa shape index (κ1) is 24.0. The van der Waals surface area contributed by atoms with Crippen molar-refractivity contribution in [3.63, 3.8) is 0 Å². The van der Waals surface area contributed by atoms with Crippen LogP contribution in [0.25, 0.3) is 0 Å². The van der Waals surface area contributed by atoms with Crippen molar-refractivity contribution in [2.24, 2.45) is 11.7 Å². The standard InChI is InChI=1S/C22H31FNO6P/c1-28-21-13-16(4-9-20(21)23)3-2-12-29-19-7-5-17(6-8-19)18-10-11-22(24,14-18)15-30-31(25,26)27/h4-9,16,18H,2-3,10-15,24H2,1H3,(H2,25,26,27)/t16?,18-,22-/m1/s1. The fraction of sp³-hybridized carbons (Fsp3) is 0.545. The van der Waals surface area contributed by atoms with E-state index in [0.717, 1.165) is 30.6 Å². The first-order valence-electron chi connectivity index (χ1n) is 10.5. The van der Waals surface area contributed by atoms with Crippen LogP contribution in [-0.4, -0.2) is 35.6 Å². The number of allylic oxidation sites excluding steroid dienone is 4. The van der Waals surface area contributed by atoms with E-state index in [1.807, 2.05) is 30.3 Å². The molecule has 31 heavy (non-hydrogen) atoms. The van der Waals surface area contributed by atoms with E-state index in [-0.39, 0.29) is 24.3 Å². The average molecular weight is 455 g/mol. The maximum Gasteiger partial charge on any atom is 0.469 e. The van der Waals surface area contributed by atoms with Crippen LogP contribution in [0.4, 0.5) is 4.39 Å². The highest BCUT2D eigenvalue weighted by molar-refractivity contribution is 7.46. The molecule has 1 unspecified atom stereocenters. The molecule has 0 saturated heterocycles. The van der Waals surface area contributed by atoms with Crippen LogP contribution in [0.15, 0.2) is 48.0 Å². The minimum Gasteiger partial charge on any atom is -0.498 e. The van der Waals surface area contributed by atoms with E-state index in [0.29, 0.717) is 31.6 Å². The SMILES string of the molecule is COC1=C(F)C=CC(CCCOc2ccc([C@@H]3CC[C@](N)(COP(=O)(O)O)C3)cc2)C1. The number of methoxy groups -OCH3 is 1. The summed E-state index contributed by atoms with van der Waals surface area (Å²) in [4.78, 5) is 17.8. The van der Waals surface area contributed by atoms with Gasteiger partial charge in [-0.3, -0.25) is 4.52 Å². The number of ether oxygens (including phenoxy) is 2. The molecule has 1 aromatic rings. The minimum absolute atomic E-state index is 0.153. The molecule has 3 atom stereocenters. The van der Waals surface area contributed by atoms with Crippen LogP contribution < -0.4 is 10.5 Å². The highest BCUT2D eigenvalue weighted by atomic mass is 31.2. The quantitative estimate of drug-likeness (QED) is 0.356. The number of rotatable bonds is 10. The third-order valence-corrected chi connectivity index (χ3v) is 6.44. The molecule has 1 fully saturated rings. The molecule has 0 spiro atoms. The maximum atomic E-state index is 13.5. The Morgan fingerprint density at radius 2 is 2.03 bits per heavy atom. The molecule has 3 rings (SSSR count). The van der Waals surface area contributed by atoms with Crippen LogP contribution in [0, 0.1) is 5.92 Å². The summed E-state index contributed by atoms with van der Waals surface area (Å²) in [6, 6.07) is 7.88. The number of halogens is 1. The van der Waals surface area contributed by atoms with Gasteiger partial charge < -0.3 is 25.0 Å². The summed E-state index contributed by atoms with van der Waals surface area (Å²) in [5, 5.41) is 0. The molecule has 0 aromatic heterocycles. The zero-order chi connectivity index (χ0) is 22.5.